The summed E-state index contributed by atoms with van der Waals surface area (Å²) in [6, 6.07) is 21.8. The average Bonchev–Trinajstić information content (AvgIpc) is 3.00. The van der Waals surface area contributed by atoms with Crippen LogP contribution >= 0.6 is 0 Å². The minimum atomic E-state index is 0.239. The normalized spacial score (nSPS) is 17.5. The predicted molar refractivity (Wildman–Crippen MR) is 84.7 cm³/mol. The van der Waals surface area contributed by atoms with Gasteiger partial charge in [0.15, 0.2) is 0 Å². The molecule has 1 aliphatic rings. The smallest absolute Gasteiger partial charge is 0.0158 e. The third-order valence-electron chi connectivity index (χ3n) is 4.88. The lowest BCUT2D eigenvalue weighted by Crippen LogP contribution is -2.34. The number of hydrogen-bond acceptors (Lipinski definition) is 1. The second kappa shape index (κ2) is 5.80. The summed E-state index contributed by atoms with van der Waals surface area (Å²) in [6.07, 6.45) is 5.12. The molecule has 1 fully saturated rings. The third-order valence-corrected chi connectivity index (χ3v) is 4.88. The van der Waals surface area contributed by atoms with Gasteiger partial charge in [-0.3, -0.25) is 0 Å². The van der Waals surface area contributed by atoms with Crippen LogP contribution in [0.25, 0.3) is 0 Å². The Hall–Kier alpha value is -1.60. The zero-order chi connectivity index (χ0) is 13.8. The monoisotopic (exact) mass is 265 g/mol. The highest BCUT2D eigenvalue weighted by Crippen LogP contribution is 2.51. The van der Waals surface area contributed by atoms with E-state index in [2.05, 4.69) is 60.7 Å². The summed E-state index contributed by atoms with van der Waals surface area (Å²) in [6.45, 7) is 0.779. The lowest BCUT2D eigenvalue weighted by Gasteiger charge is -2.37. The molecule has 0 amide bonds. The Morgan fingerprint density at radius 1 is 0.800 bits per heavy atom. The molecule has 0 aromatic heterocycles. The second-order valence-electron chi connectivity index (χ2n) is 6.03. The fourth-order valence-electron chi connectivity index (χ4n) is 3.88. The summed E-state index contributed by atoms with van der Waals surface area (Å²) in [4.78, 5) is 0. The first-order valence-electron chi connectivity index (χ1n) is 7.66. The van der Waals surface area contributed by atoms with E-state index in [-0.39, 0.29) is 5.41 Å². The van der Waals surface area contributed by atoms with Gasteiger partial charge in [-0.2, -0.15) is 0 Å². The van der Waals surface area contributed by atoms with Crippen molar-refractivity contribution in [2.75, 3.05) is 6.54 Å². The van der Waals surface area contributed by atoms with Crippen LogP contribution in [0.5, 0.6) is 0 Å². The standard InChI is InChI=1S/C19H23N/c20-15-19(13-7-8-14-19)18(16-9-3-1-4-10-16)17-11-5-2-6-12-17/h1-6,9-12,18H,7-8,13-15,20H2. The van der Waals surface area contributed by atoms with Crippen molar-refractivity contribution in [3.05, 3.63) is 71.8 Å². The quantitative estimate of drug-likeness (QED) is 0.874. The van der Waals surface area contributed by atoms with Crippen LogP contribution in [0.1, 0.15) is 42.7 Å². The van der Waals surface area contributed by atoms with Crippen LogP contribution in [0.4, 0.5) is 0 Å². The molecule has 0 saturated heterocycles. The number of benzene rings is 2. The van der Waals surface area contributed by atoms with E-state index in [0.717, 1.165) is 6.54 Å². The molecule has 1 aliphatic carbocycles. The van der Waals surface area contributed by atoms with Crippen molar-refractivity contribution in [3.8, 4) is 0 Å². The summed E-state index contributed by atoms with van der Waals surface area (Å²) in [5, 5.41) is 0. The maximum atomic E-state index is 6.24. The first-order valence-corrected chi connectivity index (χ1v) is 7.66. The van der Waals surface area contributed by atoms with E-state index < -0.39 is 0 Å². The average molecular weight is 265 g/mol. The van der Waals surface area contributed by atoms with Gasteiger partial charge < -0.3 is 5.73 Å². The summed E-state index contributed by atoms with van der Waals surface area (Å²) in [5.41, 5.74) is 9.30. The fourth-order valence-corrected chi connectivity index (χ4v) is 3.88. The minimum absolute atomic E-state index is 0.239. The van der Waals surface area contributed by atoms with Gasteiger partial charge in [0.1, 0.15) is 0 Å². The Morgan fingerprint density at radius 3 is 1.65 bits per heavy atom. The van der Waals surface area contributed by atoms with Crippen molar-refractivity contribution < 1.29 is 0 Å². The second-order valence-corrected chi connectivity index (χ2v) is 6.03. The Labute approximate surface area is 121 Å². The van der Waals surface area contributed by atoms with E-state index in [9.17, 15) is 0 Å². The van der Waals surface area contributed by atoms with Crippen molar-refractivity contribution in [2.24, 2.45) is 11.1 Å². The van der Waals surface area contributed by atoms with Crippen LogP contribution in [0.15, 0.2) is 60.7 Å². The van der Waals surface area contributed by atoms with Gasteiger partial charge in [-0.05, 0) is 35.9 Å². The van der Waals surface area contributed by atoms with E-state index in [0.29, 0.717) is 5.92 Å². The van der Waals surface area contributed by atoms with Gasteiger partial charge in [0, 0.05) is 5.92 Å². The van der Waals surface area contributed by atoms with Crippen LogP contribution in [0.2, 0.25) is 0 Å². The molecule has 1 saturated carbocycles. The van der Waals surface area contributed by atoms with Gasteiger partial charge in [-0.1, -0.05) is 73.5 Å². The lowest BCUT2D eigenvalue weighted by atomic mass is 9.67. The zero-order valence-electron chi connectivity index (χ0n) is 12.0. The van der Waals surface area contributed by atoms with Crippen LogP contribution < -0.4 is 5.73 Å². The maximum absolute atomic E-state index is 6.24. The van der Waals surface area contributed by atoms with Gasteiger partial charge in [0.25, 0.3) is 0 Å². The van der Waals surface area contributed by atoms with Gasteiger partial charge >= 0.3 is 0 Å². The molecule has 0 bridgehead atoms. The van der Waals surface area contributed by atoms with Gasteiger partial charge in [0.2, 0.25) is 0 Å². The predicted octanol–water partition coefficient (Wildman–Crippen LogP) is 4.34. The molecule has 20 heavy (non-hydrogen) atoms. The maximum Gasteiger partial charge on any atom is 0.0158 e. The molecular formula is C19H23N. The number of rotatable bonds is 4. The molecule has 1 nitrogen and oxygen atoms in total. The van der Waals surface area contributed by atoms with Crippen LogP contribution in [-0.2, 0) is 0 Å². The third kappa shape index (κ3) is 2.38. The molecule has 0 aliphatic heterocycles. The van der Waals surface area contributed by atoms with Gasteiger partial charge in [-0.25, -0.2) is 0 Å². The lowest BCUT2D eigenvalue weighted by molar-refractivity contribution is 0.267. The van der Waals surface area contributed by atoms with Crippen molar-refractivity contribution in [2.45, 2.75) is 31.6 Å². The van der Waals surface area contributed by atoms with E-state index in [4.69, 9.17) is 5.73 Å². The number of hydrogen-bond donors (Lipinski definition) is 1. The molecular weight excluding hydrogens is 242 g/mol. The van der Waals surface area contributed by atoms with Crippen molar-refractivity contribution >= 4 is 0 Å². The molecule has 2 aromatic carbocycles. The zero-order valence-corrected chi connectivity index (χ0v) is 12.0. The van der Waals surface area contributed by atoms with E-state index >= 15 is 0 Å². The first kappa shape index (κ1) is 13.4. The summed E-state index contributed by atoms with van der Waals surface area (Å²) in [7, 11) is 0. The molecule has 2 N–H and O–H groups in total. The Balaban J connectivity index is 2.09. The summed E-state index contributed by atoms with van der Waals surface area (Å²) < 4.78 is 0. The molecule has 1 heteroatoms. The van der Waals surface area contributed by atoms with E-state index in [1.807, 2.05) is 0 Å². The molecule has 0 atom stereocenters. The molecule has 3 rings (SSSR count). The van der Waals surface area contributed by atoms with Crippen LogP contribution in [0.3, 0.4) is 0 Å². The highest BCUT2D eigenvalue weighted by Gasteiger charge is 2.41. The Bertz CT molecular complexity index is 487. The Morgan fingerprint density at radius 2 is 1.25 bits per heavy atom. The van der Waals surface area contributed by atoms with E-state index in [1.54, 1.807) is 0 Å². The molecule has 0 heterocycles. The Kier molecular flexibility index (Phi) is 3.88. The fraction of sp³-hybridized carbons (Fsp3) is 0.368. The first-order chi connectivity index (χ1) is 9.86. The largest absolute Gasteiger partial charge is 0.330 e. The summed E-state index contributed by atoms with van der Waals surface area (Å²) >= 11 is 0. The number of nitrogens with two attached hydrogens (primary N) is 1. The van der Waals surface area contributed by atoms with Gasteiger partial charge in [0.05, 0.1) is 0 Å². The highest BCUT2D eigenvalue weighted by molar-refractivity contribution is 5.35. The van der Waals surface area contributed by atoms with E-state index in [1.165, 1.54) is 36.8 Å². The van der Waals surface area contributed by atoms with Crippen molar-refractivity contribution in [3.63, 3.8) is 0 Å². The van der Waals surface area contributed by atoms with Crippen LogP contribution in [-0.4, -0.2) is 6.54 Å². The molecule has 0 radical (unpaired) electrons. The molecule has 2 aromatic rings. The summed E-state index contributed by atoms with van der Waals surface area (Å²) in [5.74, 6) is 0.428. The van der Waals surface area contributed by atoms with Crippen LogP contribution in [0, 0.1) is 5.41 Å². The van der Waals surface area contributed by atoms with Crippen molar-refractivity contribution in [1.82, 2.24) is 0 Å². The molecule has 0 unspecified atom stereocenters. The van der Waals surface area contributed by atoms with Gasteiger partial charge in [-0.15, -0.1) is 0 Å². The SMILES string of the molecule is NCC1(C(c2ccccc2)c2ccccc2)CCCC1. The topological polar surface area (TPSA) is 26.0 Å². The molecule has 0 spiro atoms. The highest BCUT2D eigenvalue weighted by atomic mass is 14.6. The minimum Gasteiger partial charge on any atom is -0.330 e. The molecule has 104 valence electrons. The van der Waals surface area contributed by atoms with Crippen molar-refractivity contribution in [1.29, 1.82) is 0 Å².